The zero-order valence-corrected chi connectivity index (χ0v) is 15.1. The van der Waals surface area contributed by atoms with Gasteiger partial charge in [0.1, 0.15) is 23.9 Å². The molecule has 2 aliphatic heterocycles. The fourth-order valence-corrected chi connectivity index (χ4v) is 5.41. The maximum atomic E-state index is 12.1. The normalized spacial score (nSPS) is 53.7. The van der Waals surface area contributed by atoms with Crippen LogP contribution in [-0.2, 0) is 19.0 Å². The van der Waals surface area contributed by atoms with Crippen molar-refractivity contribution in [3.05, 3.63) is 23.8 Å². The van der Waals surface area contributed by atoms with E-state index in [1.807, 2.05) is 26.8 Å². The summed E-state index contributed by atoms with van der Waals surface area (Å²) in [7, 11) is 0. The molecule has 138 valence electrons. The minimum Gasteiger partial charge on any atom is -0.456 e. The minimum atomic E-state index is -0.963. The van der Waals surface area contributed by atoms with Crippen LogP contribution in [-0.4, -0.2) is 58.9 Å². The van der Waals surface area contributed by atoms with E-state index < -0.39 is 46.8 Å². The number of hydrogen-bond donors (Lipinski definition) is 2. The van der Waals surface area contributed by atoms with Crippen LogP contribution in [0.4, 0.5) is 0 Å². The zero-order valence-electron chi connectivity index (χ0n) is 15.1. The lowest BCUT2D eigenvalue weighted by Gasteiger charge is -2.57. The standard InChI is InChI=1S/C19H26O6/c1-5-6-13(21)25-15-14(22)16-19(9-23-19)18(15,4)17(3)8-11(20)10(2)7-12(17)24-16/h5-7,11-12,14-16,20,22H,8-9H2,1-4H3/b6-5-/t11?,12-,14-,15-,16-,17+,18-,19+/m1/s1. The number of carbonyl (C=O) groups excluding carboxylic acids is 1. The van der Waals surface area contributed by atoms with Gasteiger partial charge in [-0.2, -0.15) is 0 Å². The summed E-state index contributed by atoms with van der Waals surface area (Å²) in [5, 5.41) is 21.4. The van der Waals surface area contributed by atoms with Crippen molar-refractivity contribution in [3.63, 3.8) is 0 Å². The molecule has 0 aromatic rings. The molecule has 1 saturated carbocycles. The molecular weight excluding hydrogens is 324 g/mol. The predicted octanol–water partition coefficient (Wildman–Crippen LogP) is 1.11. The van der Waals surface area contributed by atoms with Crippen LogP contribution in [0.15, 0.2) is 23.8 Å². The van der Waals surface area contributed by atoms with Gasteiger partial charge in [-0.1, -0.05) is 26.0 Å². The van der Waals surface area contributed by atoms with Gasteiger partial charge in [0.25, 0.3) is 0 Å². The molecule has 2 saturated heterocycles. The summed E-state index contributed by atoms with van der Waals surface area (Å²) in [5.74, 6) is -0.487. The molecular formula is C19H26O6. The molecule has 2 bridgehead atoms. The number of fused-ring (bicyclic) bond motifs is 2. The number of rotatable bonds is 2. The Kier molecular flexibility index (Phi) is 3.55. The molecule has 0 radical (unpaired) electrons. The fraction of sp³-hybridized carbons (Fsp3) is 0.737. The Morgan fingerprint density at radius 3 is 2.68 bits per heavy atom. The second-order valence-electron chi connectivity index (χ2n) is 8.25. The van der Waals surface area contributed by atoms with Gasteiger partial charge < -0.3 is 24.4 Å². The predicted molar refractivity (Wildman–Crippen MR) is 88.6 cm³/mol. The number of aliphatic hydroxyl groups excluding tert-OH is 2. The van der Waals surface area contributed by atoms with Gasteiger partial charge in [0.15, 0.2) is 0 Å². The highest BCUT2D eigenvalue weighted by Crippen LogP contribution is 2.71. The molecule has 2 heterocycles. The van der Waals surface area contributed by atoms with Crippen LogP contribution in [0.3, 0.4) is 0 Å². The summed E-state index contributed by atoms with van der Waals surface area (Å²) in [6.45, 7) is 8.13. The Balaban J connectivity index is 1.81. The third kappa shape index (κ3) is 1.91. The van der Waals surface area contributed by atoms with Crippen LogP contribution in [0.1, 0.15) is 34.1 Å². The van der Waals surface area contributed by atoms with Crippen molar-refractivity contribution in [2.24, 2.45) is 10.8 Å². The van der Waals surface area contributed by atoms with Gasteiger partial charge in [-0.25, -0.2) is 4.79 Å². The third-order valence-electron chi connectivity index (χ3n) is 7.19. The van der Waals surface area contributed by atoms with Gasteiger partial charge >= 0.3 is 5.97 Å². The molecule has 6 heteroatoms. The first-order valence-corrected chi connectivity index (χ1v) is 8.88. The molecule has 6 nitrogen and oxygen atoms in total. The van der Waals surface area contributed by atoms with Crippen LogP contribution < -0.4 is 0 Å². The monoisotopic (exact) mass is 350 g/mol. The first kappa shape index (κ1) is 17.2. The number of allylic oxidation sites excluding steroid dienone is 1. The van der Waals surface area contributed by atoms with Gasteiger partial charge in [0.05, 0.1) is 18.8 Å². The molecule has 25 heavy (non-hydrogen) atoms. The van der Waals surface area contributed by atoms with Crippen LogP contribution in [0.25, 0.3) is 0 Å². The molecule has 4 rings (SSSR count). The molecule has 4 aliphatic rings. The lowest BCUT2D eigenvalue weighted by molar-refractivity contribution is -0.216. The number of carbonyl (C=O) groups is 1. The summed E-state index contributed by atoms with van der Waals surface area (Å²) in [5.41, 5.74) is -0.994. The van der Waals surface area contributed by atoms with Gasteiger partial charge in [-0.05, 0) is 25.8 Å². The molecule has 2 N–H and O–H groups in total. The molecule has 0 aromatic carbocycles. The molecule has 1 spiro atoms. The van der Waals surface area contributed by atoms with E-state index in [0.29, 0.717) is 13.0 Å². The number of ether oxygens (including phenoxy) is 3. The summed E-state index contributed by atoms with van der Waals surface area (Å²) in [6, 6.07) is 0. The lowest BCUT2D eigenvalue weighted by Crippen LogP contribution is -2.65. The third-order valence-corrected chi connectivity index (χ3v) is 7.19. The quantitative estimate of drug-likeness (QED) is 0.336. The maximum Gasteiger partial charge on any atom is 0.330 e. The number of hydrogen-bond acceptors (Lipinski definition) is 6. The maximum absolute atomic E-state index is 12.1. The van der Waals surface area contributed by atoms with Crippen molar-refractivity contribution in [1.29, 1.82) is 0 Å². The van der Waals surface area contributed by atoms with Gasteiger partial charge in [-0.15, -0.1) is 0 Å². The van der Waals surface area contributed by atoms with Crippen molar-refractivity contribution in [1.82, 2.24) is 0 Å². The average molecular weight is 350 g/mol. The molecule has 0 amide bonds. The summed E-state index contributed by atoms with van der Waals surface area (Å²) >= 11 is 0. The van der Waals surface area contributed by atoms with E-state index in [9.17, 15) is 15.0 Å². The molecule has 8 atom stereocenters. The summed E-state index contributed by atoms with van der Waals surface area (Å²) in [6.07, 6.45) is 2.26. The van der Waals surface area contributed by atoms with Crippen LogP contribution >= 0.6 is 0 Å². The minimum absolute atomic E-state index is 0.263. The van der Waals surface area contributed by atoms with Crippen molar-refractivity contribution >= 4 is 5.97 Å². The zero-order chi connectivity index (χ0) is 18.2. The Hall–Kier alpha value is -1.21. The number of epoxide rings is 1. The molecule has 0 aromatic heterocycles. The van der Waals surface area contributed by atoms with Crippen LogP contribution in [0, 0.1) is 10.8 Å². The van der Waals surface area contributed by atoms with Gasteiger partial charge in [0.2, 0.25) is 0 Å². The van der Waals surface area contributed by atoms with E-state index in [2.05, 4.69) is 0 Å². The largest absolute Gasteiger partial charge is 0.456 e. The van der Waals surface area contributed by atoms with Crippen molar-refractivity contribution in [3.8, 4) is 0 Å². The van der Waals surface area contributed by atoms with Crippen LogP contribution in [0.2, 0.25) is 0 Å². The highest BCUT2D eigenvalue weighted by molar-refractivity contribution is 5.82. The average Bonchev–Trinajstić information content (AvgIpc) is 3.32. The van der Waals surface area contributed by atoms with E-state index in [0.717, 1.165) is 5.57 Å². The Bertz CT molecular complexity index is 665. The van der Waals surface area contributed by atoms with Gasteiger partial charge in [0, 0.05) is 16.9 Å². The number of esters is 1. The second kappa shape index (κ2) is 5.16. The van der Waals surface area contributed by atoms with E-state index >= 15 is 0 Å². The summed E-state index contributed by atoms with van der Waals surface area (Å²) < 4.78 is 17.8. The highest BCUT2D eigenvalue weighted by atomic mass is 16.7. The number of aliphatic hydroxyl groups is 2. The van der Waals surface area contributed by atoms with E-state index in [1.165, 1.54) is 6.08 Å². The fourth-order valence-electron chi connectivity index (χ4n) is 5.41. The highest BCUT2D eigenvalue weighted by Gasteiger charge is 2.84. The van der Waals surface area contributed by atoms with Gasteiger partial charge in [-0.3, -0.25) is 0 Å². The van der Waals surface area contributed by atoms with Crippen molar-refractivity contribution < 1.29 is 29.2 Å². The topological polar surface area (TPSA) is 88.5 Å². The lowest BCUT2D eigenvalue weighted by atomic mass is 9.51. The first-order valence-electron chi connectivity index (χ1n) is 8.88. The molecule has 1 unspecified atom stereocenters. The summed E-state index contributed by atoms with van der Waals surface area (Å²) in [4.78, 5) is 12.1. The molecule has 2 aliphatic carbocycles. The van der Waals surface area contributed by atoms with Crippen molar-refractivity contribution in [2.45, 2.75) is 70.2 Å². The molecule has 3 fully saturated rings. The van der Waals surface area contributed by atoms with E-state index in [4.69, 9.17) is 14.2 Å². The SMILES string of the molecule is C/C=C\C(=O)O[C@@H]1[C@@H](O)[C@H]2O[C@@H]3C=C(C)C(O)C[C@]3(C)[C@]1(C)[C@]21CO1. The Morgan fingerprint density at radius 1 is 1.40 bits per heavy atom. The van der Waals surface area contributed by atoms with E-state index in [-0.39, 0.29) is 6.10 Å². The Labute approximate surface area is 147 Å². The smallest absolute Gasteiger partial charge is 0.330 e. The van der Waals surface area contributed by atoms with Crippen molar-refractivity contribution in [2.75, 3.05) is 6.61 Å². The van der Waals surface area contributed by atoms with Crippen LogP contribution in [0.5, 0.6) is 0 Å². The second-order valence-corrected chi connectivity index (χ2v) is 8.25. The van der Waals surface area contributed by atoms with E-state index in [1.54, 1.807) is 13.0 Å². The first-order chi connectivity index (χ1) is 11.7. The Morgan fingerprint density at radius 2 is 2.08 bits per heavy atom.